The van der Waals surface area contributed by atoms with Crippen LogP contribution in [0.15, 0.2) is 64.4 Å². The lowest BCUT2D eigenvalue weighted by Gasteiger charge is -2.27. The molecule has 0 radical (unpaired) electrons. The average Bonchev–Trinajstić information content (AvgIpc) is 2.67. The van der Waals surface area contributed by atoms with Crippen molar-refractivity contribution < 1.29 is 4.74 Å². The molecule has 0 bridgehead atoms. The maximum absolute atomic E-state index is 12.6. The Morgan fingerprint density at radius 1 is 1.18 bits per heavy atom. The van der Waals surface area contributed by atoms with E-state index >= 15 is 0 Å². The Hall–Kier alpha value is -3.32. The van der Waals surface area contributed by atoms with E-state index in [4.69, 9.17) is 21.3 Å². The predicted octanol–water partition coefficient (Wildman–Crippen LogP) is 3.65. The van der Waals surface area contributed by atoms with Gasteiger partial charge in [0.2, 0.25) is 11.9 Å². The van der Waals surface area contributed by atoms with Crippen LogP contribution in [0.5, 0.6) is 5.75 Å². The maximum atomic E-state index is 12.6. The summed E-state index contributed by atoms with van der Waals surface area (Å²) in [6, 6.07) is 16.2. The zero-order chi connectivity index (χ0) is 19.7. The molecule has 1 aliphatic rings. The number of ether oxygens (including phenoxy) is 1. The fraction of sp³-hybridized carbons (Fsp3) is 0.150. The lowest BCUT2D eigenvalue weighted by Crippen LogP contribution is -2.37. The molecule has 1 aliphatic heterocycles. The fourth-order valence-corrected chi connectivity index (χ4v) is 3.21. The van der Waals surface area contributed by atoms with E-state index in [9.17, 15) is 4.79 Å². The van der Waals surface area contributed by atoms with Gasteiger partial charge in [-0.2, -0.15) is 0 Å². The van der Waals surface area contributed by atoms with Gasteiger partial charge < -0.3 is 10.1 Å². The van der Waals surface area contributed by atoms with Gasteiger partial charge in [-0.3, -0.25) is 14.7 Å². The minimum absolute atomic E-state index is 0.188. The summed E-state index contributed by atoms with van der Waals surface area (Å²) in [5, 5.41) is 6.89. The van der Waals surface area contributed by atoms with E-state index in [2.05, 4.69) is 15.6 Å². The van der Waals surface area contributed by atoms with Crippen LogP contribution in [0.25, 0.3) is 0 Å². The summed E-state index contributed by atoms with van der Waals surface area (Å²) in [7, 11) is 1.62. The minimum atomic E-state index is -0.587. The summed E-state index contributed by atoms with van der Waals surface area (Å²) in [5.74, 6) is 1.66. The van der Waals surface area contributed by atoms with Crippen molar-refractivity contribution in [2.24, 2.45) is 4.99 Å². The van der Waals surface area contributed by atoms with Crippen LogP contribution >= 0.6 is 11.6 Å². The Bertz CT molecular complexity index is 1110. The molecular formula is C20H18ClN5O2. The van der Waals surface area contributed by atoms with Crippen molar-refractivity contribution in [3.63, 3.8) is 0 Å². The molecule has 3 aromatic rings. The summed E-state index contributed by atoms with van der Waals surface area (Å²) < 4.78 is 6.70. The van der Waals surface area contributed by atoms with Crippen molar-refractivity contribution in [1.82, 2.24) is 9.55 Å². The Balaban J connectivity index is 1.76. The number of fused-ring (bicyclic) bond motifs is 1. The molecule has 0 unspecified atom stereocenters. The predicted molar refractivity (Wildman–Crippen MR) is 110 cm³/mol. The van der Waals surface area contributed by atoms with Crippen LogP contribution in [-0.4, -0.2) is 22.6 Å². The first-order chi connectivity index (χ1) is 13.5. The van der Waals surface area contributed by atoms with Gasteiger partial charge in [0, 0.05) is 22.5 Å². The molecule has 8 heteroatoms. The van der Waals surface area contributed by atoms with Crippen LogP contribution in [0.1, 0.15) is 17.4 Å². The third-order valence-corrected chi connectivity index (χ3v) is 4.54. The van der Waals surface area contributed by atoms with E-state index in [0.717, 1.165) is 17.0 Å². The van der Waals surface area contributed by atoms with Crippen molar-refractivity contribution in [3.8, 4) is 5.75 Å². The van der Waals surface area contributed by atoms with E-state index in [1.807, 2.05) is 36.4 Å². The summed E-state index contributed by atoms with van der Waals surface area (Å²) >= 11 is 6.16. The number of halogens is 1. The summed E-state index contributed by atoms with van der Waals surface area (Å²) in [6.45, 7) is 1.78. The molecule has 1 atom stereocenters. The highest BCUT2D eigenvalue weighted by atomic mass is 35.5. The van der Waals surface area contributed by atoms with Gasteiger partial charge >= 0.3 is 0 Å². The molecule has 2 aromatic carbocycles. The van der Waals surface area contributed by atoms with Gasteiger partial charge in [0.1, 0.15) is 5.75 Å². The third kappa shape index (κ3) is 3.57. The second-order valence-corrected chi connectivity index (χ2v) is 6.75. The number of aromatic nitrogens is 2. The Morgan fingerprint density at radius 2 is 1.96 bits per heavy atom. The number of anilines is 2. The molecular weight excluding hydrogens is 378 g/mol. The first-order valence-corrected chi connectivity index (χ1v) is 9.03. The third-order valence-electron chi connectivity index (χ3n) is 4.31. The van der Waals surface area contributed by atoms with E-state index < -0.39 is 6.17 Å². The lowest BCUT2D eigenvalue weighted by molar-refractivity contribution is 0.415. The zero-order valence-corrected chi connectivity index (χ0v) is 16.1. The topological polar surface area (TPSA) is 80.5 Å². The van der Waals surface area contributed by atoms with E-state index in [-0.39, 0.29) is 5.56 Å². The van der Waals surface area contributed by atoms with Crippen molar-refractivity contribution >= 4 is 29.2 Å². The second kappa shape index (κ2) is 7.36. The number of hydrogen-bond donors (Lipinski definition) is 2. The molecule has 0 fully saturated rings. The molecule has 1 aromatic heterocycles. The molecule has 142 valence electrons. The van der Waals surface area contributed by atoms with Crippen molar-refractivity contribution in [3.05, 3.63) is 81.2 Å². The minimum Gasteiger partial charge on any atom is -0.497 e. The van der Waals surface area contributed by atoms with Crippen molar-refractivity contribution in [1.29, 1.82) is 0 Å². The summed E-state index contributed by atoms with van der Waals surface area (Å²) in [4.78, 5) is 21.8. The average molecular weight is 396 g/mol. The van der Waals surface area contributed by atoms with Gasteiger partial charge in [0.05, 0.1) is 7.11 Å². The molecule has 2 heterocycles. The molecule has 4 rings (SSSR count). The van der Waals surface area contributed by atoms with E-state index in [0.29, 0.717) is 22.6 Å². The molecule has 0 amide bonds. The van der Waals surface area contributed by atoms with Gasteiger partial charge in [-0.05, 0) is 48.9 Å². The fourth-order valence-electron chi connectivity index (χ4n) is 3.01. The Labute approximate surface area is 166 Å². The van der Waals surface area contributed by atoms with E-state index in [1.54, 1.807) is 26.2 Å². The van der Waals surface area contributed by atoms with Gasteiger partial charge in [0.15, 0.2) is 6.17 Å². The number of benzene rings is 2. The molecule has 0 saturated heterocycles. The Morgan fingerprint density at radius 3 is 2.68 bits per heavy atom. The van der Waals surface area contributed by atoms with E-state index in [1.165, 1.54) is 10.6 Å². The molecule has 28 heavy (non-hydrogen) atoms. The van der Waals surface area contributed by atoms with Crippen LogP contribution in [-0.2, 0) is 0 Å². The molecule has 7 nitrogen and oxygen atoms in total. The van der Waals surface area contributed by atoms with Crippen LogP contribution in [0.3, 0.4) is 0 Å². The molecule has 0 aliphatic carbocycles. The lowest BCUT2D eigenvalue weighted by atomic mass is 10.1. The second-order valence-electron chi connectivity index (χ2n) is 6.31. The smallest absolute Gasteiger partial charge is 0.257 e. The summed E-state index contributed by atoms with van der Waals surface area (Å²) in [6.07, 6.45) is -0.587. The van der Waals surface area contributed by atoms with Gasteiger partial charge in [-0.25, -0.2) is 9.98 Å². The summed E-state index contributed by atoms with van der Waals surface area (Å²) in [5.41, 5.74) is 2.05. The maximum Gasteiger partial charge on any atom is 0.257 e. The Kier molecular flexibility index (Phi) is 4.75. The van der Waals surface area contributed by atoms with Gasteiger partial charge in [-0.15, -0.1) is 0 Å². The van der Waals surface area contributed by atoms with Crippen LogP contribution in [0.4, 0.5) is 11.6 Å². The van der Waals surface area contributed by atoms with Gasteiger partial charge in [-0.1, -0.05) is 23.7 Å². The highest BCUT2D eigenvalue weighted by molar-refractivity contribution is 6.30. The first kappa shape index (κ1) is 18.1. The normalized spacial score (nSPS) is 15.2. The number of nitrogens with one attached hydrogen (secondary N) is 2. The van der Waals surface area contributed by atoms with Crippen molar-refractivity contribution in [2.45, 2.75) is 13.1 Å². The van der Waals surface area contributed by atoms with Crippen LogP contribution < -0.4 is 20.9 Å². The monoisotopic (exact) mass is 395 g/mol. The SMILES string of the molecule is COc1ccc(NC2=N[C@H](c3cccc(Cl)c3)n3c(nc(C)cc3=O)N2)cc1. The standard InChI is InChI=1S/C20H18ClN5O2/c1-12-10-17(27)26-18(13-4-3-5-14(21)11-13)24-19(25-20(26)22-12)23-15-6-8-16(28-2)9-7-15/h3-11,18H,1-2H3,(H2,22,23,24,25)/t18-/m0/s1. The van der Waals surface area contributed by atoms with Crippen molar-refractivity contribution in [2.75, 3.05) is 17.7 Å². The highest BCUT2D eigenvalue weighted by Gasteiger charge is 2.25. The van der Waals surface area contributed by atoms with Gasteiger partial charge in [0.25, 0.3) is 5.56 Å². The number of rotatable bonds is 3. The number of nitrogens with zero attached hydrogens (tertiary/aromatic N) is 3. The van der Waals surface area contributed by atoms with Crippen LogP contribution in [0, 0.1) is 6.92 Å². The molecule has 0 saturated carbocycles. The van der Waals surface area contributed by atoms with Crippen LogP contribution in [0.2, 0.25) is 5.02 Å². The number of guanidine groups is 1. The quantitative estimate of drug-likeness (QED) is 0.707. The molecule has 0 spiro atoms. The number of aliphatic imine (C=N–C) groups is 1. The molecule has 2 N–H and O–H groups in total. The number of aryl methyl sites for hydroxylation is 1. The largest absolute Gasteiger partial charge is 0.497 e. The zero-order valence-electron chi connectivity index (χ0n) is 15.3. The number of methoxy groups -OCH3 is 1. The number of hydrogen-bond acceptors (Lipinski definition) is 6. The first-order valence-electron chi connectivity index (χ1n) is 8.65. The highest BCUT2D eigenvalue weighted by Crippen LogP contribution is 2.27.